The summed E-state index contributed by atoms with van der Waals surface area (Å²) in [5, 5.41) is 11.3. The van der Waals surface area contributed by atoms with Crippen LogP contribution in [0.2, 0.25) is 0 Å². The zero-order chi connectivity index (χ0) is 11.8. The van der Waals surface area contributed by atoms with E-state index in [4.69, 9.17) is 9.84 Å². The number of benzene rings is 1. The summed E-state index contributed by atoms with van der Waals surface area (Å²) in [5.41, 5.74) is 1.03. The van der Waals surface area contributed by atoms with Gasteiger partial charge in [-0.1, -0.05) is 30.3 Å². The minimum Gasteiger partial charge on any atom is -0.394 e. The molecule has 0 spiro atoms. The number of nitrogens with one attached hydrogen (secondary N) is 1. The molecule has 1 atom stereocenters. The SMILES string of the molecule is C[C@H](CO)NC(=O)COCc1ccccc1. The molecule has 0 aliphatic heterocycles. The molecule has 1 amide bonds. The van der Waals surface area contributed by atoms with Crippen molar-refractivity contribution in [1.82, 2.24) is 5.32 Å². The van der Waals surface area contributed by atoms with Crippen molar-refractivity contribution in [3.63, 3.8) is 0 Å². The monoisotopic (exact) mass is 223 g/mol. The number of hydrogen-bond donors (Lipinski definition) is 2. The smallest absolute Gasteiger partial charge is 0.246 e. The van der Waals surface area contributed by atoms with E-state index in [2.05, 4.69) is 5.32 Å². The van der Waals surface area contributed by atoms with Crippen LogP contribution in [0.5, 0.6) is 0 Å². The van der Waals surface area contributed by atoms with E-state index in [9.17, 15) is 4.79 Å². The fourth-order valence-electron chi connectivity index (χ4n) is 1.20. The molecular formula is C12H17NO3. The first-order valence-corrected chi connectivity index (χ1v) is 5.24. The van der Waals surface area contributed by atoms with Gasteiger partial charge >= 0.3 is 0 Å². The van der Waals surface area contributed by atoms with Gasteiger partial charge < -0.3 is 15.2 Å². The van der Waals surface area contributed by atoms with Crippen LogP contribution < -0.4 is 5.32 Å². The zero-order valence-corrected chi connectivity index (χ0v) is 9.35. The summed E-state index contributed by atoms with van der Waals surface area (Å²) in [7, 11) is 0. The van der Waals surface area contributed by atoms with E-state index < -0.39 is 0 Å². The van der Waals surface area contributed by atoms with Gasteiger partial charge in [0.15, 0.2) is 0 Å². The highest BCUT2D eigenvalue weighted by molar-refractivity contribution is 5.77. The van der Waals surface area contributed by atoms with Crippen LogP contribution in [0.4, 0.5) is 0 Å². The fraction of sp³-hybridized carbons (Fsp3) is 0.417. The molecule has 1 aromatic rings. The van der Waals surface area contributed by atoms with Crippen molar-refractivity contribution in [3.8, 4) is 0 Å². The molecule has 4 heteroatoms. The Labute approximate surface area is 95.2 Å². The standard InChI is InChI=1S/C12H17NO3/c1-10(7-14)13-12(15)9-16-8-11-5-3-2-4-6-11/h2-6,10,14H,7-9H2,1H3,(H,13,15)/t10-/m1/s1. The van der Waals surface area contributed by atoms with Gasteiger partial charge in [-0.25, -0.2) is 0 Å². The second-order valence-electron chi connectivity index (χ2n) is 3.63. The number of ether oxygens (including phenoxy) is 1. The number of amides is 1. The largest absolute Gasteiger partial charge is 0.394 e. The van der Waals surface area contributed by atoms with Crippen molar-refractivity contribution in [2.45, 2.75) is 19.6 Å². The van der Waals surface area contributed by atoms with Gasteiger partial charge in [-0.15, -0.1) is 0 Å². The molecule has 4 nitrogen and oxygen atoms in total. The molecule has 0 aliphatic carbocycles. The van der Waals surface area contributed by atoms with Gasteiger partial charge in [-0.05, 0) is 12.5 Å². The molecular weight excluding hydrogens is 206 g/mol. The number of aliphatic hydroxyl groups excluding tert-OH is 1. The van der Waals surface area contributed by atoms with E-state index in [-0.39, 0.29) is 25.2 Å². The van der Waals surface area contributed by atoms with Crippen LogP contribution in [0, 0.1) is 0 Å². The van der Waals surface area contributed by atoms with Crippen LogP contribution in [0.1, 0.15) is 12.5 Å². The van der Waals surface area contributed by atoms with Crippen LogP contribution in [0.15, 0.2) is 30.3 Å². The zero-order valence-electron chi connectivity index (χ0n) is 9.35. The Bertz CT molecular complexity index is 313. The molecule has 2 N–H and O–H groups in total. The fourth-order valence-corrected chi connectivity index (χ4v) is 1.20. The lowest BCUT2D eigenvalue weighted by molar-refractivity contribution is -0.127. The van der Waals surface area contributed by atoms with Gasteiger partial charge in [0.25, 0.3) is 0 Å². The lowest BCUT2D eigenvalue weighted by atomic mass is 10.2. The predicted octanol–water partition coefficient (Wildman–Crippen LogP) is 0.700. The van der Waals surface area contributed by atoms with Crippen molar-refractivity contribution >= 4 is 5.91 Å². The molecule has 0 aromatic heterocycles. The lowest BCUT2D eigenvalue weighted by Crippen LogP contribution is -2.37. The summed E-state index contributed by atoms with van der Waals surface area (Å²) in [6.45, 7) is 2.10. The normalized spacial score (nSPS) is 12.1. The topological polar surface area (TPSA) is 58.6 Å². The summed E-state index contributed by atoms with van der Waals surface area (Å²) in [6.07, 6.45) is 0. The molecule has 0 saturated carbocycles. The summed E-state index contributed by atoms with van der Waals surface area (Å²) in [4.78, 5) is 11.3. The van der Waals surface area contributed by atoms with Gasteiger partial charge in [0, 0.05) is 6.04 Å². The van der Waals surface area contributed by atoms with E-state index in [1.54, 1.807) is 6.92 Å². The highest BCUT2D eigenvalue weighted by atomic mass is 16.5. The predicted molar refractivity (Wildman–Crippen MR) is 60.8 cm³/mol. The Hall–Kier alpha value is -1.39. The highest BCUT2D eigenvalue weighted by Gasteiger charge is 2.05. The summed E-state index contributed by atoms with van der Waals surface area (Å²) in [6, 6.07) is 9.42. The molecule has 0 fully saturated rings. The van der Waals surface area contributed by atoms with Gasteiger partial charge in [-0.3, -0.25) is 4.79 Å². The van der Waals surface area contributed by atoms with Gasteiger partial charge in [0.2, 0.25) is 5.91 Å². The number of carbonyl (C=O) groups is 1. The molecule has 0 unspecified atom stereocenters. The molecule has 0 radical (unpaired) electrons. The Morgan fingerprint density at radius 3 is 2.75 bits per heavy atom. The summed E-state index contributed by atoms with van der Waals surface area (Å²) < 4.78 is 5.23. The van der Waals surface area contributed by atoms with Crippen LogP contribution in [-0.4, -0.2) is 30.3 Å². The van der Waals surface area contributed by atoms with E-state index in [0.717, 1.165) is 5.56 Å². The third kappa shape index (κ3) is 4.91. The number of carbonyl (C=O) groups excluding carboxylic acids is 1. The minimum atomic E-state index is -0.229. The Morgan fingerprint density at radius 2 is 2.12 bits per heavy atom. The molecule has 0 aliphatic rings. The van der Waals surface area contributed by atoms with Gasteiger partial charge in [0.05, 0.1) is 13.2 Å². The Balaban J connectivity index is 2.18. The third-order valence-corrected chi connectivity index (χ3v) is 2.03. The Morgan fingerprint density at radius 1 is 1.44 bits per heavy atom. The molecule has 0 saturated heterocycles. The molecule has 0 bridgehead atoms. The van der Waals surface area contributed by atoms with Gasteiger partial charge in [0.1, 0.15) is 6.61 Å². The van der Waals surface area contributed by atoms with E-state index in [0.29, 0.717) is 6.61 Å². The van der Waals surface area contributed by atoms with Crippen molar-refractivity contribution in [3.05, 3.63) is 35.9 Å². The van der Waals surface area contributed by atoms with Crippen molar-refractivity contribution < 1.29 is 14.6 Å². The quantitative estimate of drug-likeness (QED) is 0.746. The van der Waals surface area contributed by atoms with Crippen molar-refractivity contribution in [2.24, 2.45) is 0 Å². The van der Waals surface area contributed by atoms with Crippen molar-refractivity contribution in [2.75, 3.05) is 13.2 Å². The average Bonchev–Trinajstić information content (AvgIpc) is 2.30. The number of hydrogen-bond acceptors (Lipinski definition) is 3. The first-order chi connectivity index (χ1) is 7.72. The summed E-state index contributed by atoms with van der Waals surface area (Å²) >= 11 is 0. The van der Waals surface area contributed by atoms with Crippen LogP contribution >= 0.6 is 0 Å². The Kier molecular flexibility index (Phi) is 5.53. The summed E-state index contributed by atoms with van der Waals surface area (Å²) in [5.74, 6) is -0.211. The molecule has 88 valence electrons. The minimum absolute atomic E-state index is 0.0131. The van der Waals surface area contributed by atoms with E-state index in [1.807, 2.05) is 30.3 Å². The maximum atomic E-state index is 11.3. The van der Waals surface area contributed by atoms with Crippen LogP contribution in [-0.2, 0) is 16.1 Å². The maximum absolute atomic E-state index is 11.3. The third-order valence-electron chi connectivity index (χ3n) is 2.03. The maximum Gasteiger partial charge on any atom is 0.246 e. The van der Waals surface area contributed by atoms with Crippen molar-refractivity contribution in [1.29, 1.82) is 0 Å². The molecule has 1 rings (SSSR count). The molecule has 1 aromatic carbocycles. The van der Waals surface area contributed by atoms with E-state index in [1.165, 1.54) is 0 Å². The lowest BCUT2D eigenvalue weighted by Gasteiger charge is -2.10. The van der Waals surface area contributed by atoms with Crippen LogP contribution in [0.25, 0.3) is 0 Å². The number of rotatable bonds is 6. The molecule has 0 heterocycles. The van der Waals surface area contributed by atoms with Gasteiger partial charge in [-0.2, -0.15) is 0 Å². The second kappa shape index (κ2) is 6.98. The number of aliphatic hydroxyl groups is 1. The van der Waals surface area contributed by atoms with Crippen LogP contribution in [0.3, 0.4) is 0 Å². The average molecular weight is 223 g/mol. The first kappa shape index (κ1) is 12.7. The first-order valence-electron chi connectivity index (χ1n) is 5.24. The second-order valence-corrected chi connectivity index (χ2v) is 3.63. The molecule has 16 heavy (non-hydrogen) atoms. The highest BCUT2D eigenvalue weighted by Crippen LogP contribution is 1.99. The van der Waals surface area contributed by atoms with E-state index >= 15 is 0 Å².